The quantitative estimate of drug-likeness (QED) is 0.452. The van der Waals surface area contributed by atoms with Crippen molar-refractivity contribution in [2.75, 3.05) is 0 Å². The summed E-state index contributed by atoms with van der Waals surface area (Å²) in [4.78, 5) is 14.5. The van der Waals surface area contributed by atoms with Crippen molar-refractivity contribution >= 4 is 17.3 Å². The summed E-state index contributed by atoms with van der Waals surface area (Å²) in [5, 5.41) is 10.8. The Morgan fingerprint density at radius 3 is 2.88 bits per heavy atom. The van der Waals surface area contributed by atoms with Gasteiger partial charge in [-0.2, -0.15) is 0 Å². The molecule has 0 fully saturated rings. The number of nitro groups is 1. The molecule has 5 heteroatoms. The number of aryl methyl sites for hydroxylation is 1. The van der Waals surface area contributed by atoms with E-state index in [9.17, 15) is 10.1 Å². The lowest BCUT2D eigenvalue weighted by atomic mass is 10.1. The van der Waals surface area contributed by atoms with Crippen molar-refractivity contribution in [3.05, 3.63) is 33.6 Å². The van der Waals surface area contributed by atoms with Crippen LogP contribution in [0.3, 0.4) is 0 Å². The van der Waals surface area contributed by atoms with Crippen LogP contribution >= 0.6 is 11.6 Å². The summed E-state index contributed by atoms with van der Waals surface area (Å²) in [5.74, 6) is 0. The average molecular weight is 243 g/mol. The molecule has 0 N–H and O–H groups in total. The first-order chi connectivity index (χ1) is 7.54. The van der Waals surface area contributed by atoms with Gasteiger partial charge in [0.1, 0.15) is 5.69 Å². The number of alkyl halides is 1. The Bertz CT molecular complexity index is 382. The van der Waals surface area contributed by atoms with Crippen molar-refractivity contribution in [3.8, 4) is 0 Å². The summed E-state index contributed by atoms with van der Waals surface area (Å²) in [6.07, 6.45) is 3.89. The largest absolute Gasteiger partial charge is 0.291 e. The fourth-order valence-corrected chi connectivity index (χ4v) is 1.89. The first-order valence-electron chi connectivity index (χ1n) is 5.28. The molecule has 0 bridgehead atoms. The highest BCUT2D eigenvalue weighted by atomic mass is 35.5. The Morgan fingerprint density at radius 2 is 2.31 bits per heavy atom. The lowest BCUT2D eigenvalue weighted by Crippen LogP contribution is -2.07. The minimum absolute atomic E-state index is 0.0711. The smallest absolute Gasteiger partial charge is 0.258 e. The number of hydrogen-bond donors (Lipinski definition) is 0. The molecule has 0 aliphatic rings. The predicted molar refractivity (Wildman–Crippen MR) is 63.9 cm³/mol. The van der Waals surface area contributed by atoms with Gasteiger partial charge < -0.3 is 0 Å². The maximum atomic E-state index is 10.8. The van der Waals surface area contributed by atoms with Gasteiger partial charge in [-0.25, -0.2) is 0 Å². The Hall–Kier alpha value is -1.16. The molecule has 4 nitrogen and oxygen atoms in total. The van der Waals surface area contributed by atoms with Crippen LogP contribution in [0.15, 0.2) is 12.3 Å². The predicted octanol–water partition coefficient (Wildman–Crippen LogP) is 3.25. The second kappa shape index (κ2) is 5.80. The highest BCUT2D eigenvalue weighted by Gasteiger charge is 2.18. The highest BCUT2D eigenvalue weighted by molar-refractivity contribution is 6.20. The molecule has 0 saturated heterocycles. The van der Waals surface area contributed by atoms with Gasteiger partial charge in [-0.05, 0) is 18.9 Å². The summed E-state index contributed by atoms with van der Waals surface area (Å²) in [5.41, 5.74) is 1.34. The minimum atomic E-state index is -0.398. The van der Waals surface area contributed by atoms with E-state index in [4.69, 9.17) is 11.6 Å². The summed E-state index contributed by atoms with van der Waals surface area (Å²) in [7, 11) is 0. The van der Waals surface area contributed by atoms with Gasteiger partial charge in [0, 0.05) is 24.1 Å². The Kier molecular flexibility index (Phi) is 4.68. The number of pyridine rings is 1. The van der Waals surface area contributed by atoms with E-state index in [1.54, 1.807) is 13.1 Å². The second-order valence-corrected chi connectivity index (χ2v) is 4.44. The molecular weight excluding hydrogens is 228 g/mol. The van der Waals surface area contributed by atoms with E-state index in [-0.39, 0.29) is 11.1 Å². The van der Waals surface area contributed by atoms with E-state index in [0.717, 1.165) is 18.4 Å². The molecule has 0 aliphatic carbocycles. The molecular formula is C11H15ClN2O2. The van der Waals surface area contributed by atoms with Crippen LogP contribution in [0, 0.1) is 17.0 Å². The summed E-state index contributed by atoms with van der Waals surface area (Å²) in [6.45, 7) is 3.82. The molecule has 0 amide bonds. The molecule has 0 aliphatic heterocycles. The molecule has 1 rings (SSSR count). The number of aromatic nitrogens is 1. The summed E-state index contributed by atoms with van der Waals surface area (Å²) in [6, 6.07) is 1.54. The molecule has 0 saturated carbocycles. The van der Waals surface area contributed by atoms with Gasteiger partial charge in [0.05, 0.1) is 4.92 Å². The monoisotopic (exact) mass is 242 g/mol. The number of rotatable bonds is 5. The molecule has 0 aromatic carbocycles. The van der Waals surface area contributed by atoms with Crippen molar-refractivity contribution in [2.24, 2.45) is 0 Å². The van der Waals surface area contributed by atoms with Crippen LogP contribution in [0.2, 0.25) is 0 Å². The van der Waals surface area contributed by atoms with Crippen LogP contribution in [0.25, 0.3) is 0 Å². The van der Waals surface area contributed by atoms with E-state index >= 15 is 0 Å². The fraction of sp³-hybridized carbons (Fsp3) is 0.545. The van der Waals surface area contributed by atoms with Crippen molar-refractivity contribution in [1.82, 2.24) is 4.98 Å². The normalized spacial score (nSPS) is 12.4. The van der Waals surface area contributed by atoms with Gasteiger partial charge in [0.2, 0.25) is 0 Å². The minimum Gasteiger partial charge on any atom is -0.258 e. The average Bonchev–Trinajstić information content (AvgIpc) is 2.20. The summed E-state index contributed by atoms with van der Waals surface area (Å²) < 4.78 is 0. The van der Waals surface area contributed by atoms with Crippen LogP contribution in [0.5, 0.6) is 0 Å². The van der Waals surface area contributed by atoms with Crippen molar-refractivity contribution < 1.29 is 4.92 Å². The summed E-state index contributed by atoms with van der Waals surface area (Å²) >= 11 is 6.07. The Labute approximate surface area is 99.8 Å². The van der Waals surface area contributed by atoms with Crippen LogP contribution in [-0.4, -0.2) is 15.3 Å². The molecule has 1 atom stereocenters. The van der Waals surface area contributed by atoms with Gasteiger partial charge in [0.15, 0.2) is 0 Å². The highest BCUT2D eigenvalue weighted by Crippen LogP contribution is 2.21. The topological polar surface area (TPSA) is 56.0 Å². The van der Waals surface area contributed by atoms with Crippen molar-refractivity contribution in [1.29, 1.82) is 0 Å². The van der Waals surface area contributed by atoms with Gasteiger partial charge in [0.25, 0.3) is 5.69 Å². The standard InChI is InChI=1S/C11H15ClN2O2/c1-3-4-9(12)6-10-11(14(15)16)5-8(2)7-13-10/h5,7,9H,3-4,6H2,1-2H3. The van der Waals surface area contributed by atoms with E-state index in [2.05, 4.69) is 4.98 Å². The molecule has 1 aromatic heterocycles. The van der Waals surface area contributed by atoms with Crippen molar-refractivity contribution in [3.63, 3.8) is 0 Å². The molecule has 0 spiro atoms. The van der Waals surface area contributed by atoms with Crippen molar-refractivity contribution in [2.45, 2.75) is 38.5 Å². The van der Waals surface area contributed by atoms with Crippen LogP contribution in [0.1, 0.15) is 31.0 Å². The molecule has 0 radical (unpaired) electrons. The third kappa shape index (κ3) is 3.45. The van der Waals surface area contributed by atoms with E-state index in [1.165, 1.54) is 6.07 Å². The van der Waals surface area contributed by atoms with E-state index < -0.39 is 4.92 Å². The Balaban J connectivity index is 2.90. The number of nitrogens with zero attached hydrogens (tertiary/aromatic N) is 2. The second-order valence-electron chi connectivity index (χ2n) is 3.83. The lowest BCUT2D eigenvalue weighted by molar-refractivity contribution is -0.386. The first-order valence-corrected chi connectivity index (χ1v) is 5.72. The van der Waals surface area contributed by atoms with Gasteiger partial charge in [-0.1, -0.05) is 13.3 Å². The lowest BCUT2D eigenvalue weighted by Gasteiger charge is -2.07. The third-order valence-corrected chi connectivity index (χ3v) is 2.67. The first kappa shape index (κ1) is 12.9. The maximum absolute atomic E-state index is 10.8. The zero-order valence-electron chi connectivity index (χ0n) is 9.44. The molecule has 1 heterocycles. The Morgan fingerprint density at radius 1 is 1.62 bits per heavy atom. The molecule has 1 aromatic rings. The zero-order valence-corrected chi connectivity index (χ0v) is 10.2. The molecule has 1 unspecified atom stereocenters. The number of halogens is 1. The van der Waals surface area contributed by atoms with Gasteiger partial charge in [-0.15, -0.1) is 11.6 Å². The number of hydrogen-bond acceptors (Lipinski definition) is 3. The molecule has 88 valence electrons. The van der Waals surface area contributed by atoms with Crippen LogP contribution < -0.4 is 0 Å². The van der Waals surface area contributed by atoms with Gasteiger partial charge in [-0.3, -0.25) is 15.1 Å². The van der Waals surface area contributed by atoms with E-state index in [0.29, 0.717) is 12.1 Å². The van der Waals surface area contributed by atoms with Crippen LogP contribution in [-0.2, 0) is 6.42 Å². The van der Waals surface area contributed by atoms with Gasteiger partial charge >= 0.3 is 0 Å². The maximum Gasteiger partial charge on any atom is 0.291 e. The SMILES string of the molecule is CCCC(Cl)Cc1ncc(C)cc1[N+](=O)[O-]. The van der Waals surface area contributed by atoms with Crippen LogP contribution in [0.4, 0.5) is 5.69 Å². The third-order valence-electron chi connectivity index (χ3n) is 2.30. The molecule has 16 heavy (non-hydrogen) atoms. The van der Waals surface area contributed by atoms with E-state index in [1.807, 2.05) is 6.92 Å². The zero-order chi connectivity index (χ0) is 12.1. The fourth-order valence-electron chi connectivity index (χ4n) is 1.52.